The molecule has 0 radical (unpaired) electrons. The van der Waals surface area contributed by atoms with Gasteiger partial charge in [0.2, 0.25) is 5.91 Å². The van der Waals surface area contributed by atoms with Gasteiger partial charge in [-0.2, -0.15) is 11.8 Å². The van der Waals surface area contributed by atoms with Gasteiger partial charge >= 0.3 is 0 Å². The van der Waals surface area contributed by atoms with Crippen LogP contribution in [0.3, 0.4) is 0 Å². The molecule has 1 aliphatic rings. The first-order valence-corrected chi connectivity index (χ1v) is 16.4. The van der Waals surface area contributed by atoms with Crippen molar-refractivity contribution in [2.24, 2.45) is 11.3 Å². The van der Waals surface area contributed by atoms with E-state index in [0.29, 0.717) is 19.3 Å². The SMILES string of the molecule is CCCCC/C(NC(C)CCCN(CC)CC)=C1\C(=O)C(CCSC)N(C(=O)CC(C)CC(C)(C)C)C1=O. The van der Waals surface area contributed by atoms with E-state index in [1.165, 1.54) is 4.90 Å². The van der Waals surface area contributed by atoms with Gasteiger partial charge in [-0.15, -0.1) is 0 Å². The van der Waals surface area contributed by atoms with E-state index >= 15 is 0 Å². The van der Waals surface area contributed by atoms with Gasteiger partial charge in [-0.3, -0.25) is 19.3 Å². The Morgan fingerprint density at radius 1 is 1.08 bits per heavy atom. The predicted octanol–water partition coefficient (Wildman–Crippen LogP) is 6.44. The Bertz CT molecular complexity index is 786. The van der Waals surface area contributed by atoms with Crippen LogP contribution in [0.2, 0.25) is 0 Å². The number of unbranched alkanes of at least 4 members (excludes halogenated alkanes) is 2. The van der Waals surface area contributed by atoms with E-state index in [0.717, 1.165) is 69.6 Å². The molecular formula is C31H57N3O3S. The maximum absolute atomic E-state index is 13.8. The van der Waals surface area contributed by atoms with Crippen LogP contribution >= 0.6 is 11.8 Å². The van der Waals surface area contributed by atoms with E-state index in [-0.39, 0.29) is 40.5 Å². The van der Waals surface area contributed by atoms with Gasteiger partial charge in [-0.05, 0) is 88.4 Å². The highest BCUT2D eigenvalue weighted by Crippen LogP contribution is 2.31. The van der Waals surface area contributed by atoms with Crippen molar-refractivity contribution in [1.82, 2.24) is 15.1 Å². The second-order valence-corrected chi connectivity index (χ2v) is 13.3. The Labute approximate surface area is 238 Å². The Morgan fingerprint density at radius 2 is 1.74 bits per heavy atom. The van der Waals surface area contributed by atoms with Gasteiger partial charge < -0.3 is 10.2 Å². The number of amides is 2. The lowest BCUT2D eigenvalue weighted by Crippen LogP contribution is -2.41. The standard InChI is InChI=1S/C31H57N3O3S/c1-10-13-14-17-25(32-24(5)16-15-19-33(11-2)12-3)28-29(36)26(18-20-38-9)34(30(28)37)27(35)21-23(4)22-31(6,7)8/h23-24,26,32H,10-22H2,1-9H3/b28-25-. The molecule has 38 heavy (non-hydrogen) atoms. The number of hydrogen-bond donors (Lipinski definition) is 1. The molecule has 220 valence electrons. The largest absolute Gasteiger partial charge is 0.385 e. The molecule has 1 aliphatic heterocycles. The van der Waals surface area contributed by atoms with Crippen LogP contribution in [-0.4, -0.2) is 71.1 Å². The topological polar surface area (TPSA) is 69.7 Å². The zero-order chi connectivity index (χ0) is 28.9. The minimum atomic E-state index is -0.680. The van der Waals surface area contributed by atoms with Crippen molar-refractivity contribution in [2.75, 3.05) is 31.6 Å². The Morgan fingerprint density at radius 3 is 2.29 bits per heavy atom. The maximum Gasteiger partial charge on any atom is 0.266 e. The number of Topliss-reactive ketones (excluding diaryl/α,β-unsaturated/α-hetero) is 1. The summed E-state index contributed by atoms with van der Waals surface area (Å²) in [6, 6.07) is -0.531. The molecule has 3 atom stereocenters. The number of allylic oxidation sites excluding steroid dienone is 1. The van der Waals surface area contributed by atoms with E-state index in [4.69, 9.17) is 0 Å². The molecule has 0 bridgehead atoms. The number of nitrogens with one attached hydrogen (secondary N) is 1. The number of imide groups is 1. The number of nitrogens with zero attached hydrogens (tertiary/aromatic N) is 2. The van der Waals surface area contributed by atoms with Crippen molar-refractivity contribution < 1.29 is 14.4 Å². The molecule has 1 rings (SSSR count). The molecule has 0 aromatic rings. The van der Waals surface area contributed by atoms with Crippen LogP contribution in [0.1, 0.15) is 113 Å². The van der Waals surface area contributed by atoms with Gasteiger partial charge in [0.15, 0.2) is 5.78 Å². The van der Waals surface area contributed by atoms with Crippen LogP contribution in [0.5, 0.6) is 0 Å². The average molecular weight is 552 g/mol. The number of ketones is 1. The van der Waals surface area contributed by atoms with E-state index in [1.54, 1.807) is 11.8 Å². The summed E-state index contributed by atoms with van der Waals surface area (Å²) in [5, 5.41) is 3.57. The number of carbonyl (C=O) groups is 3. The normalized spacial score (nSPS) is 19.3. The molecule has 1 saturated heterocycles. The Balaban J connectivity index is 3.22. The third-order valence-corrected chi connectivity index (χ3v) is 8.04. The fraction of sp³-hybridized carbons (Fsp3) is 0.839. The second-order valence-electron chi connectivity index (χ2n) is 12.3. The fourth-order valence-electron chi connectivity index (χ4n) is 5.57. The first kappa shape index (κ1) is 34.7. The second kappa shape index (κ2) is 17.4. The zero-order valence-corrected chi connectivity index (χ0v) is 26.8. The van der Waals surface area contributed by atoms with Crippen molar-refractivity contribution in [2.45, 2.75) is 125 Å². The van der Waals surface area contributed by atoms with Gasteiger partial charge in [-0.25, -0.2) is 0 Å². The molecule has 1 fully saturated rings. The molecule has 1 heterocycles. The van der Waals surface area contributed by atoms with Gasteiger partial charge in [0.05, 0.1) is 0 Å². The van der Waals surface area contributed by atoms with E-state index in [2.05, 4.69) is 65.6 Å². The molecule has 0 spiro atoms. The minimum Gasteiger partial charge on any atom is -0.385 e. The molecule has 0 aromatic heterocycles. The first-order valence-electron chi connectivity index (χ1n) is 15.0. The molecule has 3 unspecified atom stereocenters. The molecule has 1 N–H and O–H groups in total. The smallest absolute Gasteiger partial charge is 0.266 e. The summed E-state index contributed by atoms with van der Waals surface area (Å²) in [6.45, 7) is 20.3. The van der Waals surface area contributed by atoms with Gasteiger partial charge in [0.1, 0.15) is 11.6 Å². The molecular weight excluding hydrogens is 494 g/mol. The summed E-state index contributed by atoms with van der Waals surface area (Å²) < 4.78 is 0. The van der Waals surface area contributed by atoms with Crippen molar-refractivity contribution in [3.8, 4) is 0 Å². The quantitative estimate of drug-likeness (QED) is 0.120. The first-order chi connectivity index (χ1) is 17.9. The lowest BCUT2D eigenvalue weighted by molar-refractivity contribution is -0.144. The Kier molecular flexibility index (Phi) is 15.9. The monoisotopic (exact) mass is 551 g/mol. The maximum atomic E-state index is 13.8. The van der Waals surface area contributed by atoms with Gasteiger partial charge in [0.25, 0.3) is 5.91 Å². The summed E-state index contributed by atoms with van der Waals surface area (Å²) in [5.74, 6) is 0.117. The van der Waals surface area contributed by atoms with Gasteiger partial charge in [-0.1, -0.05) is 61.3 Å². The highest BCUT2D eigenvalue weighted by Gasteiger charge is 2.47. The number of hydrogen-bond acceptors (Lipinski definition) is 6. The summed E-state index contributed by atoms with van der Waals surface area (Å²) in [7, 11) is 0. The minimum absolute atomic E-state index is 0.103. The average Bonchev–Trinajstić information content (AvgIpc) is 3.07. The lowest BCUT2D eigenvalue weighted by atomic mass is 9.84. The Hall–Kier alpha value is -1.34. The van der Waals surface area contributed by atoms with Crippen molar-refractivity contribution in [3.05, 3.63) is 11.3 Å². The lowest BCUT2D eigenvalue weighted by Gasteiger charge is -2.26. The zero-order valence-electron chi connectivity index (χ0n) is 26.0. The van der Waals surface area contributed by atoms with E-state index in [9.17, 15) is 14.4 Å². The highest BCUT2D eigenvalue weighted by molar-refractivity contribution is 7.98. The third kappa shape index (κ3) is 11.4. The van der Waals surface area contributed by atoms with Crippen LogP contribution in [0, 0.1) is 11.3 Å². The van der Waals surface area contributed by atoms with Crippen molar-refractivity contribution in [1.29, 1.82) is 0 Å². The molecule has 0 aliphatic carbocycles. The predicted molar refractivity (Wildman–Crippen MR) is 162 cm³/mol. The number of rotatable bonds is 18. The molecule has 0 saturated carbocycles. The summed E-state index contributed by atoms with van der Waals surface area (Å²) >= 11 is 1.64. The summed E-state index contributed by atoms with van der Waals surface area (Å²) in [6.07, 6.45) is 9.40. The van der Waals surface area contributed by atoms with E-state index in [1.807, 2.05) is 6.26 Å². The fourth-order valence-corrected chi connectivity index (χ4v) is 6.03. The highest BCUT2D eigenvalue weighted by atomic mass is 32.2. The van der Waals surface area contributed by atoms with Crippen LogP contribution < -0.4 is 5.32 Å². The number of thioether (sulfide) groups is 1. The molecule has 0 aromatic carbocycles. The van der Waals surface area contributed by atoms with Crippen LogP contribution in [0.15, 0.2) is 11.3 Å². The van der Waals surface area contributed by atoms with Crippen LogP contribution in [-0.2, 0) is 14.4 Å². The molecule has 6 nitrogen and oxygen atoms in total. The van der Waals surface area contributed by atoms with Crippen molar-refractivity contribution in [3.63, 3.8) is 0 Å². The van der Waals surface area contributed by atoms with E-state index < -0.39 is 6.04 Å². The van der Waals surface area contributed by atoms with Crippen LogP contribution in [0.4, 0.5) is 0 Å². The summed E-state index contributed by atoms with van der Waals surface area (Å²) in [5.41, 5.74) is 1.08. The van der Waals surface area contributed by atoms with Crippen molar-refractivity contribution >= 4 is 29.4 Å². The number of carbonyl (C=O) groups excluding carboxylic acids is 3. The third-order valence-electron chi connectivity index (χ3n) is 7.40. The van der Waals surface area contributed by atoms with Crippen LogP contribution in [0.25, 0.3) is 0 Å². The number of likely N-dealkylation sites (tertiary alicyclic amines) is 1. The summed E-state index contributed by atoms with van der Waals surface area (Å²) in [4.78, 5) is 44.8. The molecule has 7 heteroatoms. The molecule has 2 amide bonds. The van der Waals surface area contributed by atoms with Gasteiger partial charge in [0, 0.05) is 18.2 Å².